The van der Waals surface area contributed by atoms with E-state index in [1.165, 1.54) is 18.4 Å². The van der Waals surface area contributed by atoms with Crippen LogP contribution in [-0.2, 0) is 20.7 Å². The molecule has 4 rings (SSSR count). The minimum atomic E-state index is -0.937. The van der Waals surface area contributed by atoms with E-state index in [0.717, 1.165) is 24.1 Å². The molecule has 4 atom stereocenters. The van der Waals surface area contributed by atoms with Crippen LogP contribution in [0.5, 0.6) is 0 Å². The molecule has 7 heteroatoms. The lowest BCUT2D eigenvalue weighted by Crippen LogP contribution is -2.47. The number of aliphatic carboxylic acids is 1. The third-order valence-corrected chi connectivity index (χ3v) is 6.30. The number of carbonyl (C=O) groups is 3. The molecule has 0 radical (unpaired) electrons. The minimum Gasteiger partial charge on any atom is -0.481 e. The number of anilines is 1. The first kappa shape index (κ1) is 17.7. The maximum absolute atomic E-state index is 12.9. The highest BCUT2D eigenvalue weighted by Gasteiger charge is 2.48. The van der Waals surface area contributed by atoms with E-state index in [0.29, 0.717) is 10.6 Å². The first-order valence-electron chi connectivity index (χ1n) is 8.39. The second-order valence-corrected chi connectivity index (χ2v) is 7.61. The molecule has 1 fully saturated rings. The van der Waals surface area contributed by atoms with E-state index < -0.39 is 23.8 Å². The van der Waals surface area contributed by atoms with Crippen LogP contribution < -0.4 is 5.32 Å². The number of amides is 1. The number of hydrogen-bond donors (Lipinski definition) is 2. The van der Waals surface area contributed by atoms with Gasteiger partial charge in [0.2, 0.25) is 5.91 Å². The monoisotopic (exact) mass is 363 g/mol. The molecule has 0 unspecified atom stereocenters. The van der Waals surface area contributed by atoms with Crippen molar-refractivity contribution in [3.8, 4) is 0 Å². The van der Waals surface area contributed by atoms with E-state index >= 15 is 0 Å². The highest BCUT2D eigenvalue weighted by molar-refractivity contribution is 7.16. The van der Waals surface area contributed by atoms with Crippen LogP contribution in [0.3, 0.4) is 0 Å². The van der Waals surface area contributed by atoms with Gasteiger partial charge in [-0.3, -0.25) is 9.59 Å². The third kappa shape index (κ3) is 3.20. The molecule has 25 heavy (non-hydrogen) atoms. The summed E-state index contributed by atoms with van der Waals surface area (Å²) in [6.07, 6.45) is 6.24. The second-order valence-electron chi connectivity index (χ2n) is 6.47. The zero-order valence-electron chi connectivity index (χ0n) is 14.2. The van der Waals surface area contributed by atoms with Gasteiger partial charge in [0.15, 0.2) is 0 Å². The highest BCUT2D eigenvalue weighted by atomic mass is 32.1. The van der Waals surface area contributed by atoms with Crippen LogP contribution in [0.2, 0.25) is 0 Å². The Morgan fingerprint density at radius 2 is 1.88 bits per heavy atom. The van der Waals surface area contributed by atoms with Crippen LogP contribution in [0.25, 0.3) is 0 Å². The number of allylic oxidation sites excluding steroid dienone is 2. The number of esters is 1. The summed E-state index contributed by atoms with van der Waals surface area (Å²) >= 11 is 1.33. The lowest BCUT2D eigenvalue weighted by molar-refractivity contribution is -0.151. The number of ether oxygens (including phenoxy) is 1. The molecule has 1 aromatic heterocycles. The van der Waals surface area contributed by atoms with Gasteiger partial charge in [-0.1, -0.05) is 19.1 Å². The van der Waals surface area contributed by atoms with Gasteiger partial charge in [-0.05, 0) is 37.2 Å². The maximum Gasteiger partial charge on any atom is 0.340 e. The van der Waals surface area contributed by atoms with Gasteiger partial charge in [0.1, 0.15) is 5.00 Å². The molecule has 134 valence electrons. The topological polar surface area (TPSA) is 92.7 Å². The van der Waals surface area contributed by atoms with E-state index in [9.17, 15) is 19.5 Å². The number of carbonyl (C=O) groups excluding carboxylic acids is 2. The van der Waals surface area contributed by atoms with Crippen molar-refractivity contribution in [1.82, 2.24) is 0 Å². The summed E-state index contributed by atoms with van der Waals surface area (Å²) in [7, 11) is 1.29. The smallest absolute Gasteiger partial charge is 0.340 e. The summed E-state index contributed by atoms with van der Waals surface area (Å²) in [5.41, 5.74) is 0.320. The predicted octanol–water partition coefficient (Wildman–Crippen LogP) is 2.95. The van der Waals surface area contributed by atoms with Gasteiger partial charge < -0.3 is 15.2 Å². The van der Waals surface area contributed by atoms with E-state index in [4.69, 9.17) is 4.74 Å². The van der Waals surface area contributed by atoms with Crippen LogP contribution >= 0.6 is 11.3 Å². The molecule has 1 heterocycles. The first-order valence-corrected chi connectivity index (χ1v) is 9.20. The fraction of sp³-hybridized carbons (Fsp3) is 0.500. The SMILES string of the molecule is CCc1cc(C(=O)OC)c(NC(=O)[C@@H]2[C@@H](C(=O)O)[C@H]3C=C[C@H]2CC3)s1. The van der Waals surface area contributed by atoms with Crippen molar-refractivity contribution in [3.63, 3.8) is 0 Å². The molecule has 3 aliphatic carbocycles. The van der Waals surface area contributed by atoms with Crippen LogP contribution in [0.15, 0.2) is 18.2 Å². The van der Waals surface area contributed by atoms with Crippen molar-refractivity contribution in [2.75, 3.05) is 12.4 Å². The molecule has 0 spiro atoms. The first-order chi connectivity index (χ1) is 12.0. The number of aryl methyl sites for hydroxylation is 1. The van der Waals surface area contributed by atoms with Gasteiger partial charge in [0.05, 0.1) is 24.5 Å². The number of hydrogen-bond acceptors (Lipinski definition) is 5. The number of carboxylic acid groups (broad SMARTS) is 1. The molecule has 1 amide bonds. The summed E-state index contributed by atoms with van der Waals surface area (Å²) in [4.78, 5) is 37.5. The van der Waals surface area contributed by atoms with Crippen molar-refractivity contribution in [3.05, 3.63) is 28.7 Å². The average molecular weight is 363 g/mol. The third-order valence-electron chi connectivity index (χ3n) is 5.11. The predicted molar refractivity (Wildman–Crippen MR) is 93.6 cm³/mol. The minimum absolute atomic E-state index is 0.0710. The van der Waals surface area contributed by atoms with Crippen molar-refractivity contribution in [2.24, 2.45) is 23.7 Å². The molecule has 1 saturated carbocycles. The summed E-state index contributed by atoms with van der Waals surface area (Å²) in [6.45, 7) is 1.96. The van der Waals surface area contributed by atoms with Gasteiger partial charge in [-0.2, -0.15) is 0 Å². The van der Waals surface area contributed by atoms with Crippen molar-refractivity contribution < 1.29 is 24.2 Å². The van der Waals surface area contributed by atoms with E-state index in [1.54, 1.807) is 6.07 Å². The Hall–Kier alpha value is -2.15. The van der Waals surface area contributed by atoms with Crippen LogP contribution in [0.1, 0.15) is 35.0 Å². The number of fused-ring (bicyclic) bond motifs is 2. The average Bonchev–Trinajstić information content (AvgIpc) is 3.03. The number of nitrogens with one attached hydrogen (secondary N) is 1. The largest absolute Gasteiger partial charge is 0.481 e. The Kier molecular flexibility index (Phi) is 4.94. The molecule has 0 aromatic carbocycles. The molecule has 2 N–H and O–H groups in total. The Bertz CT molecular complexity index is 738. The van der Waals surface area contributed by atoms with E-state index in [1.807, 2.05) is 19.1 Å². The fourth-order valence-electron chi connectivity index (χ4n) is 3.85. The number of carboxylic acids is 1. The normalized spacial score (nSPS) is 27.1. The number of thiophene rings is 1. The van der Waals surface area contributed by atoms with E-state index in [2.05, 4.69) is 5.32 Å². The molecular formula is C18H21NO5S. The lowest BCUT2D eigenvalue weighted by atomic mass is 9.62. The lowest BCUT2D eigenvalue weighted by Gasteiger charge is -2.41. The molecule has 6 nitrogen and oxygen atoms in total. The van der Waals surface area contributed by atoms with Gasteiger partial charge >= 0.3 is 11.9 Å². The van der Waals surface area contributed by atoms with Crippen molar-refractivity contribution >= 4 is 34.2 Å². The summed E-state index contributed by atoms with van der Waals surface area (Å²) in [5, 5.41) is 12.8. The zero-order valence-corrected chi connectivity index (χ0v) is 15.0. The zero-order chi connectivity index (χ0) is 18.1. The number of methoxy groups -OCH3 is 1. The van der Waals surface area contributed by atoms with Gasteiger partial charge in [0.25, 0.3) is 0 Å². The molecule has 0 aliphatic heterocycles. The molecular weight excluding hydrogens is 342 g/mol. The second kappa shape index (κ2) is 7.00. The molecule has 2 bridgehead atoms. The van der Waals surface area contributed by atoms with Crippen LogP contribution in [0.4, 0.5) is 5.00 Å². The maximum atomic E-state index is 12.9. The Morgan fingerprint density at radius 3 is 2.40 bits per heavy atom. The van der Waals surface area contributed by atoms with Gasteiger partial charge in [-0.25, -0.2) is 4.79 Å². The summed E-state index contributed by atoms with van der Waals surface area (Å²) < 4.78 is 4.78. The standard InChI is InChI=1S/C18H21NO5S/c1-3-11-8-12(18(23)24-2)16(25-11)19-15(20)13-9-4-6-10(7-5-9)14(13)17(21)22/h4,6,8-10,13-14H,3,5,7H2,1-2H3,(H,19,20)(H,21,22)/t9-,10-,13-,14-/m0/s1. The van der Waals surface area contributed by atoms with Crippen LogP contribution in [-0.4, -0.2) is 30.1 Å². The van der Waals surface area contributed by atoms with Gasteiger partial charge in [-0.15, -0.1) is 11.3 Å². The van der Waals surface area contributed by atoms with Crippen molar-refractivity contribution in [1.29, 1.82) is 0 Å². The van der Waals surface area contributed by atoms with Crippen molar-refractivity contribution in [2.45, 2.75) is 26.2 Å². The fourth-order valence-corrected chi connectivity index (χ4v) is 4.84. The Morgan fingerprint density at radius 1 is 1.24 bits per heavy atom. The Balaban J connectivity index is 1.87. The summed E-state index contributed by atoms with van der Waals surface area (Å²) in [5.74, 6) is -3.28. The molecule has 0 saturated heterocycles. The summed E-state index contributed by atoms with van der Waals surface area (Å²) in [6, 6.07) is 1.72. The quantitative estimate of drug-likeness (QED) is 0.620. The van der Waals surface area contributed by atoms with E-state index in [-0.39, 0.29) is 17.7 Å². The van der Waals surface area contributed by atoms with Gasteiger partial charge in [0, 0.05) is 4.88 Å². The van der Waals surface area contributed by atoms with Crippen LogP contribution in [0, 0.1) is 23.7 Å². The highest BCUT2D eigenvalue weighted by Crippen LogP contribution is 2.45. The number of rotatable bonds is 5. The molecule has 1 aromatic rings. The Labute approximate surface area is 149 Å². The molecule has 3 aliphatic rings.